The lowest BCUT2D eigenvalue weighted by atomic mass is 10.1. The molecule has 0 atom stereocenters. The van der Waals surface area contributed by atoms with Crippen molar-refractivity contribution in [2.24, 2.45) is 7.05 Å². The number of nitrogens with two attached hydrogens (primary N) is 1. The quantitative estimate of drug-likeness (QED) is 0.783. The Morgan fingerprint density at radius 1 is 1.39 bits per heavy atom. The molecule has 0 saturated carbocycles. The van der Waals surface area contributed by atoms with Crippen LogP contribution in [0.1, 0.15) is 29.0 Å². The van der Waals surface area contributed by atoms with Gasteiger partial charge in [-0.1, -0.05) is 0 Å². The van der Waals surface area contributed by atoms with Gasteiger partial charge in [0, 0.05) is 13.1 Å². The summed E-state index contributed by atoms with van der Waals surface area (Å²) < 4.78 is 1.55. The fourth-order valence-corrected chi connectivity index (χ4v) is 2.35. The van der Waals surface area contributed by atoms with E-state index in [4.69, 9.17) is 5.73 Å². The van der Waals surface area contributed by atoms with E-state index >= 15 is 0 Å². The maximum atomic E-state index is 12.2. The lowest BCUT2D eigenvalue weighted by Crippen LogP contribution is -2.43. The molecule has 3 N–H and O–H groups in total. The molecule has 2 rings (SSSR count). The lowest BCUT2D eigenvalue weighted by Gasteiger charge is -2.29. The summed E-state index contributed by atoms with van der Waals surface area (Å²) in [5.41, 5.74) is 7.52. The van der Waals surface area contributed by atoms with Crippen LogP contribution in [0.5, 0.6) is 0 Å². The van der Waals surface area contributed by atoms with E-state index in [9.17, 15) is 4.79 Å². The largest absolute Gasteiger partial charge is 0.395 e. The molecule has 1 aliphatic rings. The van der Waals surface area contributed by atoms with Gasteiger partial charge >= 0.3 is 0 Å². The molecule has 0 aromatic carbocycles. The van der Waals surface area contributed by atoms with E-state index in [1.807, 2.05) is 6.92 Å². The predicted molar refractivity (Wildman–Crippen MR) is 70.3 cm³/mol. The number of carbonyl (C=O) groups is 1. The van der Waals surface area contributed by atoms with Crippen LogP contribution in [0.25, 0.3) is 0 Å². The summed E-state index contributed by atoms with van der Waals surface area (Å²) in [5.74, 6) is -0.120. The average Bonchev–Trinajstić information content (AvgIpc) is 2.56. The van der Waals surface area contributed by atoms with Gasteiger partial charge in [-0.3, -0.25) is 9.48 Å². The normalized spacial score (nSPS) is 17.9. The molecule has 0 radical (unpaired) electrons. The number of nitrogen functional groups attached to an aromatic ring is 1. The molecule has 18 heavy (non-hydrogen) atoms. The van der Waals surface area contributed by atoms with Gasteiger partial charge in [0.25, 0.3) is 5.91 Å². The van der Waals surface area contributed by atoms with Crippen LogP contribution in [0.3, 0.4) is 0 Å². The Bertz CT molecular complexity index is 446. The van der Waals surface area contributed by atoms with Crippen molar-refractivity contribution in [3.8, 4) is 0 Å². The van der Waals surface area contributed by atoms with Crippen LogP contribution >= 0.6 is 0 Å². The summed E-state index contributed by atoms with van der Waals surface area (Å²) >= 11 is 0. The number of hydrogen-bond acceptors (Lipinski definition) is 4. The minimum atomic E-state index is -0.120. The van der Waals surface area contributed by atoms with Crippen molar-refractivity contribution in [3.63, 3.8) is 0 Å². The van der Waals surface area contributed by atoms with Crippen LogP contribution in [0, 0.1) is 6.92 Å². The number of piperidine rings is 1. The summed E-state index contributed by atoms with van der Waals surface area (Å²) in [7, 11) is 3.84. The van der Waals surface area contributed by atoms with Gasteiger partial charge in [0.15, 0.2) is 0 Å². The molecule has 2 heterocycles. The van der Waals surface area contributed by atoms with Gasteiger partial charge in [0.05, 0.1) is 11.4 Å². The number of carbonyl (C=O) groups excluding carboxylic acids is 1. The number of likely N-dealkylation sites (tertiary alicyclic amines) is 1. The van der Waals surface area contributed by atoms with E-state index in [-0.39, 0.29) is 11.9 Å². The highest BCUT2D eigenvalue weighted by atomic mass is 16.2. The van der Waals surface area contributed by atoms with Crippen molar-refractivity contribution in [3.05, 3.63) is 11.4 Å². The molecule has 1 aromatic heterocycles. The topological polar surface area (TPSA) is 76.2 Å². The molecule has 0 spiro atoms. The SMILES string of the molecule is Cc1nn(C)c(C(=O)NC2CCN(C)CC2)c1N. The first-order valence-corrected chi connectivity index (χ1v) is 6.27. The molecule has 1 fully saturated rings. The van der Waals surface area contributed by atoms with Crippen LogP contribution in [-0.4, -0.2) is 46.8 Å². The van der Waals surface area contributed by atoms with Gasteiger partial charge in [-0.15, -0.1) is 0 Å². The summed E-state index contributed by atoms with van der Waals surface area (Å²) in [6.45, 7) is 3.84. The molecule has 1 aliphatic heterocycles. The Balaban J connectivity index is 2.04. The first-order chi connectivity index (χ1) is 8.49. The Morgan fingerprint density at radius 2 is 2.00 bits per heavy atom. The molecular formula is C12H21N5O. The molecule has 6 nitrogen and oxygen atoms in total. The number of aryl methyl sites for hydroxylation is 2. The molecule has 0 aliphatic carbocycles. The number of rotatable bonds is 2. The molecule has 6 heteroatoms. The first-order valence-electron chi connectivity index (χ1n) is 6.27. The molecule has 1 amide bonds. The van der Waals surface area contributed by atoms with Crippen LogP contribution < -0.4 is 11.1 Å². The zero-order chi connectivity index (χ0) is 13.3. The maximum Gasteiger partial charge on any atom is 0.271 e. The third kappa shape index (κ3) is 2.48. The highest BCUT2D eigenvalue weighted by Gasteiger charge is 2.23. The molecule has 1 aromatic rings. The van der Waals surface area contributed by atoms with Crippen molar-refractivity contribution in [2.45, 2.75) is 25.8 Å². The number of nitrogens with one attached hydrogen (secondary N) is 1. The Kier molecular flexibility index (Phi) is 3.56. The second-order valence-electron chi connectivity index (χ2n) is 5.02. The maximum absolute atomic E-state index is 12.2. The van der Waals surface area contributed by atoms with Gasteiger partial charge in [0.2, 0.25) is 0 Å². The minimum Gasteiger partial charge on any atom is -0.395 e. The fourth-order valence-electron chi connectivity index (χ4n) is 2.35. The molecule has 100 valence electrons. The van der Waals surface area contributed by atoms with Crippen LogP contribution in [-0.2, 0) is 7.05 Å². The zero-order valence-electron chi connectivity index (χ0n) is 11.2. The molecule has 1 saturated heterocycles. The highest BCUT2D eigenvalue weighted by Crippen LogP contribution is 2.16. The highest BCUT2D eigenvalue weighted by molar-refractivity contribution is 5.98. The number of amides is 1. The van der Waals surface area contributed by atoms with Crippen LogP contribution in [0.4, 0.5) is 5.69 Å². The van der Waals surface area contributed by atoms with E-state index < -0.39 is 0 Å². The minimum absolute atomic E-state index is 0.120. The summed E-state index contributed by atoms with van der Waals surface area (Å²) in [6.07, 6.45) is 1.97. The van der Waals surface area contributed by atoms with Crippen molar-refractivity contribution in [1.29, 1.82) is 0 Å². The molecule has 0 unspecified atom stereocenters. The number of anilines is 1. The van der Waals surface area contributed by atoms with E-state index in [0.29, 0.717) is 17.1 Å². The predicted octanol–water partition coefficient (Wildman–Crippen LogP) is 0.135. The van der Waals surface area contributed by atoms with Gasteiger partial charge in [0.1, 0.15) is 5.69 Å². The van der Waals surface area contributed by atoms with Gasteiger partial charge < -0.3 is 16.0 Å². The number of aromatic nitrogens is 2. The van der Waals surface area contributed by atoms with Crippen molar-refractivity contribution in [1.82, 2.24) is 20.0 Å². The smallest absolute Gasteiger partial charge is 0.271 e. The number of nitrogens with zero attached hydrogens (tertiary/aromatic N) is 3. The summed E-state index contributed by atoms with van der Waals surface area (Å²) in [5, 5.41) is 7.20. The van der Waals surface area contributed by atoms with Crippen LogP contribution in [0.2, 0.25) is 0 Å². The Labute approximate surface area is 107 Å². The van der Waals surface area contributed by atoms with E-state index in [1.54, 1.807) is 11.7 Å². The molecular weight excluding hydrogens is 230 g/mol. The monoisotopic (exact) mass is 251 g/mol. The fraction of sp³-hybridized carbons (Fsp3) is 0.667. The van der Waals surface area contributed by atoms with E-state index in [1.165, 1.54) is 0 Å². The second kappa shape index (κ2) is 4.97. The second-order valence-corrected chi connectivity index (χ2v) is 5.02. The third-order valence-corrected chi connectivity index (χ3v) is 3.54. The summed E-state index contributed by atoms with van der Waals surface area (Å²) in [4.78, 5) is 14.5. The standard InChI is InChI=1S/C12H21N5O/c1-8-10(13)11(17(3)15-8)12(18)14-9-4-6-16(2)7-5-9/h9H,4-7,13H2,1-3H3,(H,14,18). The Hall–Kier alpha value is -1.56. The van der Waals surface area contributed by atoms with Crippen molar-refractivity contribution >= 4 is 11.6 Å². The van der Waals surface area contributed by atoms with E-state index in [2.05, 4.69) is 22.4 Å². The zero-order valence-corrected chi connectivity index (χ0v) is 11.2. The Morgan fingerprint density at radius 3 is 2.50 bits per heavy atom. The van der Waals surface area contributed by atoms with Crippen LogP contribution in [0.15, 0.2) is 0 Å². The van der Waals surface area contributed by atoms with Crippen molar-refractivity contribution < 1.29 is 4.79 Å². The summed E-state index contributed by atoms with van der Waals surface area (Å²) in [6, 6.07) is 0.239. The van der Waals surface area contributed by atoms with Crippen molar-refractivity contribution in [2.75, 3.05) is 25.9 Å². The van der Waals surface area contributed by atoms with E-state index in [0.717, 1.165) is 25.9 Å². The third-order valence-electron chi connectivity index (χ3n) is 3.54. The van der Waals surface area contributed by atoms with Gasteiger partial charge in [-0.25, -0.2) is 0 Å². The van der Waals surface area contributed by atoms with Gasteiger partial charge in [-0.2, -0.15) is 5.10 Å². The molecule has 0 bridgehead atoms. The number of hydrogen-bond donors (Lipinski definition) is 2. The lowest BCUT2D eigenvalue weighted by molar-refractivity contribution is 0.0908. The first kappa shape index (κ1) is 12.9. The van der Waals surface area contributed by atoms with Gasteiger partial charge in [-0.05, 0) is 39.9 Å². The average molecular weight is 251 g/mol.